The van der Waals surface area contributed by atoms with Crippen molar-refractivity contribution in [2.75, 3.05) is 13.2 Å². The topological polar surface area (TPSA) is 32.3 Å². The maximum atomic E-state index is 9.20. The summed E-state index contributed by atoms with van der Waals surface area (Å²) in [7, 11) is 0. The molecule has 1 aliphatic carbocycles. The highest BCUT2D eigenvalue weighted by Gasteiger charge is 2.36. The molecule has 0 amide bonds. The molecule has 3 atom stereocenters. The Balaban J connectivity index is 2.56. The average Bonchev–Trinajstić information content (AvgIpc) is 2.22. The maximum absolute atomic E-state index is 9.20. The fourth-order valence-electron chi connectivity index (χ4n) is 2.79. The van der Waals surface area contributed by atoms with Crippen LogP contribution in [0.4, 0.5) is 0 Å². The van der Waals surface area contributed by atoms with Crippen molar-refractivity contribution < 1.29 is 5.11 Å². The third kappa shape index (κ3) is 3.46. The molecule has 1 fully saturated rings. The highest BCUT2D eigenvalue weighted by molar-refractivity contribution is 4.94. The second-order valence-corrected chi connectivity index (χ2v) is 5.38. The summed E-state index contributed by atoms with van der Waals surface area (Å²) >= 11 is 0. The van der Waals surface area contributed by atoms with Crippen molar-refractivity contribution in [2.45, 2.75) is 58.4 Å². The molecule has 0 aromatic carbocycles. The van der Waals surface area contributed by atoms with E-state index in [2.05, 4.69) is 26.1 Å². The van der Waals surface area contributed by atoms with Crippen LogP contribution in [-0.2, 0) is 0 Å². The van der Waals surface area contributed by atoms with Gasteiger partial charge in [-0.25, -0.2) is 0 Å². The summed E-state index contributed by atoms with van der Waals surface area (Å²) in [6.07, 6.45) is 5.87. The van der Waals surface area contributed by atoms with Gasteiger partial charge in [0.25, 0.3) is 0 Å². The Morgan fingerprint density at radius 1 is 1.33 bits per heavy atom. The summed E-state index contributed by atoms with van der Waals surface area (Å²) in [6, 6.07) is 0. The first-order valence-corrected chi connectivity index (χ1v) is 6.49. The van der Waals surface area contributed by atoms with Gasteiger partial charge in [0.2, 0.25) is 0 Å². The Hall–Kier alpha value is -0.0800. The zero-order valence-corrected chi connectivity index (χ0v) is 10.6. The summed E-state index contributed by atoms with van der Waals surface area (Å²) in [4.78, 5) is 0. The summed E-state index contributed by atoms with van der Waals surface area (Å²) in [5, 5.41) is 12.9. The molecule has 0 aromatic rings. The molecule has 0 radical (unpaired) electrons. The van der Waals surface area contributed by atoms with Gasteiger partial charge in [-0.2, -0.15) is 0 Å². The zero-order chi connectivity index (χ0) is 11.3. The molecule has 2 N–H and O–H groups in total. The first-order chi connectivity index (χ1) is 7.13. The second kappa shape index (κ2) is 5.86. The average molecular weight is 213 g/mol. The van der Waals surface area contributed by atoms with E-state index in [0.717, 1.165) is 24.8 Å². The molecule has 90 valence electrons. The van der Waals surface area contributed by atoms with Gasteiger partial charge in [0, 0.05) is 12.1 Å². The molecular formula is C13H27NO. The molecule has 0 saturated heterocycles. The molecule has 3 unspecified atom stereocenters. The molecule has 1 aliphatic rings. The van der Waals surface area contributed by atoms with Crippen LogP contribution in [0, 0.1) is 11.8 Å². The molecule has 1 rings (SSSR count). The summed E-state index contributed by atoms with van der Waals surface area (Å²) in [6.45, 7) is 8.31. The monoisotopic (exact) mass is 213 g/mol. The Bertz CT molecular complexity index is 179. The van der Waals surface area contributed by atoms with E-state index in [0.29, 0.717) is 6.61 Å². The van der Waals surface area contributed by atoms with Crippen LogP contribution in [0.15, 0.2) is 0 Å². The number of aliphatic hydroxyl groups excluding tert-OH is 1. The highest BCUT2D eigenvalue weighted by atomic mass is 16.3. The highest BCUT2D eigenvalue weighted by Crippen LogP contribution is 2.37. The molecule has 2 nitrogen and oxygen atoms in total. The Labute approximate surface area is 94.5 Å². The minimum Gasteiger partial charge on any atom is -0.396 e. The third-order valence-electron chi connectivity index (χ3n) is 4.10. The smallest absolute Gasteiger partial charge is 0.0448 e. The number of hydrogen-bond donors (Lipinski definition) is 2. The van der Waals surface area contributed by atoms with E-state index < -0.39 is 0 Å². The molecule has 0 aromatic heterocycles. The zero-order valence-electron chi connectivity index (χ0n) is 10.6. The molecular weight excluding hydrogens is 186 g/mol. The minimum atomic E-state index is 0.233. The fourth-order valence-corrected chi connectivity index (χ4v) is 2.79. The van der Waals surface area contributed by atoms with Crippen LogP contribution in [-0.4, -0.2) is 23.8 Å². The van der Waals surface area contributed by atoms with Crippen molar-refractivity contribution >= 4 is 0 Å². The van der Waals surface area contributed by atoms with Crippen LogP contribution < -0.4 is 5.32 Å². The van der Waals surface area contributed by atoms with E-state index in [9.17, 15) is 5.11 Å². The van der Waals surface area contributed by atoms with Crippen molar-refractivity contribution in [1.29, 1.82) is 0 Å². The lowest BCUT2D eigenvalue weighted by Crippen LogP contribution is -2.50. The van der Waals surface area contributed by atoms with Crippen LogP contribution in [0.5, 0.6) is 0 Å². The van der Waals surface area contributed by atoms with E-state index >= 15 is 0 Å². The van der Waals surface area contributed by atoms with Crippen LogP contribution in [0.25, 0.3) is 0 Å². The minimum absolute atomic E-state index is 0.233. The largest absolute Gasteiger partial charge is 0.396 e. The number of aliphatic hydroxyl groups is 1. The standard InChI is InChI=1S/C13H27NO/c1-4-8-14-13(7-9-15)6-5-11(2)12(3)10-13/h11-12,14-15H,4-10H2,1-3H3. The van der Waals surface area contributed by atoms with Crippen molar-refractivity contribution in [3.05, 3.63) is 0 Å². The van der Waals surface area contributed by atoms with Gasteiger partial charge in [-0.05, 0) is 50.5 Å². The lowest BCUT2D eigenvalue weighted by atomic mass is 9.70. The lowest BCUT2D eigenvalue weighted by Gasteiger charge is -2.43. The van der Waals surface area contributed by atoms with E-state index in [1.54, 1.807) is 0 Å². The van der Waals surface area contributed by atoms with Crippen LogP contribution in [0.1, 0.15) is 52.9 Å². The third-order valence-corrected chi connectivity index (χ3v) is 4.10. The molecule has 1 saturated carbocycles. The molecule has 15 heavy (non-hydrogen) atoms. The Kier molecular flexibility index (Phi) is 5.07. The second-order valence-electron chi connectivity index (χ2n) is 5.38. The Morgan fingerprint density at radius 3 is 2.60 bits per heavy atom. The van der Waals surface area contributed by atoms with Gasteiger partial charge in [-0.3, -0.25) is 0 Å². The van der Waals surface area contributed by atoms with Gasteiger partial charge in [-0.1, -0.05) is 20.8 Å². The first kappa shape index (κ1) is 13.0. The number of rotatable bonds is 5. The van der Waals surface area contributed by atoms with Crippen LogP contribution >= 0.6 is 0 Å². The first-order valence-electron chi connectivity index (χ1n) is 6.49. The van der Waals surface area contributed by atoms with Gasteiger partial charge in [-0.15, -0.1) is 0 Å². The number of hydrogen-bond acceptors (Lipinski definition) is 2. The van der Waals surface area contributed by atoms with Crippen molar-refractivity contribution in [1.82, 2.24) is 5.32 Å². The summed E-state index contributed by atoms with van der Waals surface area (Å²) < 4.78 is 0. The van der Waals surface area contributed by atoms with E-state index in [1.165, 1.54) is 25.7 Å². The van der Waals surface area contributed by atoms with E-state index in [4.69, 9.17) is 0 Å². The van der Waals surface area contributed by atoms with Gasteiger partial charge in [0.1, 0.15) is 0 Å². The molecule has 0 aliphatic heterocycles. The maximum Gasteiger partial charge on any atom is 0.0448 e. The molecule has 2 heteroatoms. The summed E-state index contributed by atoms with van der Waals surface area (Å²) in [5.74, 6) is 1.63. The predicted octanol–water partition coefficient (Wildman–Crippen LogP) is 2.56. The van der Waals surface area contributed by atoms with Gasteiger partial charge in [0.15, 0.2) is 0 Å². The quantitative estimate of drug-likeness (QED) is 0.735. The van der Waals surface area contributed by atoms with Crippen LogP contribution in [0.2, 0.25) is 0 Å². The lowest BCUT2D eigenvalue weighted by molar-refractivity contribution is 0.109. The van der Waals surface area contributed by atoms with Gasteiger partial charge >= 0.3 is 0 Å². The molecule has 0 bridgehead atoms. The van der Waals surface area contributed by atoms with E-state index in [-0.39, 0.29) is 5.54 Å². The predicted molar refractivity (Wildman–Crippen MR) is 64.9 cm³/mol. The Morgan fingerprint density at radius 2 is 2.07 bits per heavy atom. The number of nitrogens with one attached hydrogen (secondary N) is 1. The molecule has 0 heterocycles. The van der Waals surface area contributed by atoms with Crippen LogP contribution in [0.3, 0.4) is 0 Å². The molecule has 0 spiro atoms. The SMILES string of the molecule is CCCNC1(CCO)CCC(C)C(C)C1. The van der Waals surface area contributed by atoms with Gasteiger partial charge in [0.05, 0.1) is 0 Å². The van der Waals surface area contributed by atoms with E-state index in [1.807, 2.05) is 0 Å². The normalized spacial score (nSPS) is 36.8. The van der Waals surface area contributed by atoms with Gasteiger partial charge < -0.3 is 10.4 Å². The summed E-state index contributed by atoms with van der Waals surface area (Å²) in [5.41, 5.74) is 0.233. The van der Waals surface area contributed by atoms with Crippen molar-refractivity contribution in [3.8, 4) is 0 Å². The van der Waals surface area contributed by atoms with Crippen molar-refractivity contribution in [3.63, 3.8) is 0 Å². The van der Waals surface area contributed by atoms with Crippen molar-refractivity contribution in [2.24, 2.45) is 11.8 Å². The fraction of sp³-hybridized carbons (Fsp3) is 1.00.